The molecule has 1 fully saturated rings. The van der Waals surface area contributed by atoms with Crippen molar-refractivity contribution in [1.29, 1.82) is 0 Å². The van der Waals surface area contributed by atoms with Gasteiger partial charge in [0.2, 0.25) is 0 Å². The molecule has 2 atom stereocenters. The number of primary amides is 1. The fourth-order valence-electron chi connectivity index (χ4n) is 3.49. The number of anilines is 1. The molecule has 1 aliphatic carbocycles. The number of hydrogen-bond donors (Lipinski definition) is 3. The van der Waals surface area contributed by atoms with E-state index in [1.807, 2.05) is 0 Å². The summed E-state index contributed by atoms with van der Waals surface area (Å²) in [7, 11) is 0. The standard InChI is InChI=1S/C17H22FIN3O3/c1-17(2,3)25-16(24)22-19-13-10(18)7-9(15(20)23)14-12(13)8-5-4-6-11(8)21-14/h7-8,11,21H,4-6H2,1-3H3,(H2,20,23)(H,22,24)/q-1. The van der Waals surface area contributed by atoms with E-state index >= 15 is 0 Å². The van der Waals surface area contributed by atoms with Gasteiger partial charge in [-0.2, -0.15) is 0 Å². The van der Waals surface area contributed by atoms with Crippen molar-refractivity contribution < 1.29 is 40.2 Å². The average Bonchev–Trinajstić information content (AvgIpc) is 3.04. The summed E-state index contributed by atoms with van der Waals surface area (Å²) >= 11 is -1.14. The van der Waals surface area contributed by atoms with Crippen molar-refractivity contribution in [2.45, 2.75) is 57.6 Å². The maximum atomic E-state index is 14.7. The van der Waals surface area contributed by atoms with Gasteiger partial charge in [-0.1, -0.05) is 0 Å². The summed E-state index contributed by atoms with van der Waals surface area (Å²) in [5, 5.41) is 3.35. The Morgan fingerprint density at radius 3 is 2.76 bits per heavy atom. The summed E-state index contributed by atoms with van der Waals surface area (Å²) < 4.78 is 23.2. The number of carbonyl (C=O) groups excluding carboxylic acids is 2. The zero-order valence-electron chi connectivity index (χ0n) is 14.4. The fraction of sp³-hybridized carbons (Fsp3) is 0.529. The van der Waals surface area contributed by atoms with Gasteiger partial charge in [-0.25, -0.2) is 0 Å². The van der Waals surface area contributed by atoms with E-state index in [-0.39, 0.29) is 17.5 Å². The van der Waals surface area contributed by atoms with Crippen LogP contribution in [-0.2, 0) is 4.74 Å². The molecular weight excluding hydrogens is 440 g/mol. The molecule has 0 bridgehead atoms. The molecule has 3 rings (SSSR count). The number of hydrogen-bond acceptors (Lipinski definition) is 4. The van der Waals surface area contributed by atoms with E-state index in [9.17, 15) is 14.0 Å². The second-order valence-electron chi connectivity index (χ2n) is 7.35. The first-order valence-electron chi connectivity index (χ1n) is 8.23. The number of nitrogens with one attached hydrogen (secondary N) is 2. The summed E-state index contributed by atoms with van der Waals surface area (Å²) in [6.45, 7) is 5.33. The van der Waals surface area contributed by atoms with Crippen molar-refractivity contribution in [3.63, 3.8) is 0 Å². The molecule has 8 heteroatoms. The number of halogens is 2. The van der Waals surface area contributed by atoms with Crippen LogP contribution in [0.1, 0.15) is 61.9 Å². The van der Waals surface area contributed by atoms with E-state index in [0.717, 1.165) is 24.8 Å². The Bertz CT molecular complexity index is 733. The van der Waals surface area contributed by atoms with Crippen LogP contribution in [-0.4, -0.2) is 23.6 Å². The van der Waals surface area contributed by atoms with Gasteiger partial charge < -0.3 is 0 Å². The third kappa shape index (κ3) is 3.68. The molecule has 1 heterocycles. The molecule has 2 unspecified atom stereocenters. The first-order valence-corrected chi connectivity index (χ1v) is 10.4. The van der Waals surface area contributed by atoms with Crippen LogP contribution in [0.5, 0.6) is 0 Å². The van der Waals surface area contributed by atoms with Crippen LogP contribution in [0, 0.1) is 9.39 Å². The minimum absolute atomic E-state index is 0.166. The molecule has 6 nitrogen and oxygen atoms in total. The van der Waals surface area contributed by atoms with Gasteiger partial charge >= 0.3 is 157 Å². The molecule has 2 aliphatic rings. The molecule has 1 aliphatic heterocycles. The zero-order chi connectivity index (χ0) is 18.4. The van der Waals surface area contributed by atoms with E-state index in [2.05, 4.69) is 8.85 Å². The van der Waals surface area contributed by atoms with Crippen LogP contribution in [0.4, 0.5) is 14.9 Å². The Kier molecular flexibility index (Phi) is 4.82. The molecule has 0 saturated heterocycles. The second kappa shape index (κ2) is 6.62. The summed E-state index contributed by atoms with van der Waals surface area (Å²) in [5.41, 5.74) is 6.46. The van der Waals surface area contributed by atoms with Crippen molar-refractivity contribution in [2.24, 2.45) is 5.73 Å². The van der Waals surface area contributed by atoms with Crippen LogP contribution in [0.3, 0.4) is 0 Å². The van der Waals surface area contributed by atoms with Crippen LogP contribution in [0.15, 0.2) is 6.07 Å². The summed E-state index contributed by atoms with van der Waals surface area (Å²) in [5.74, 6) is -0.961. The number of ether oxygens (including phenoxy) is 1. The van der Waals surface area contributed by atoms with Crippen LogP contribution in [0.2, 0.25) is 0 Å². The van der Waals surface area contributed by atoms with Crippen molar-refractivity contribution in [3.8, 4) is 0 Å². The molecule has 1 aromatic carbocycles. The van der Waals surface area contributed by atoms with Crippen molar-refractivity contribution in [1.82, 2.24) is 3.53 Å². The monoisotopic (exact) mass is 462 g/mol. The molecular formula is C17H22FIN3O3-. The molecule has 0 radical (unpaired) electrons. The Morgan fingerprint density at radius 2 is 2.12 bits per heavy atom. The van der Waals surface area contributed by atoms with Crippen molar-refractivity contribution in [2.75, 3.05) is 5.32 Å². The fourth-order valence-corrected chi connectivity index (χ4v) is 5.46. The van der Waals surface area contributed by atoms with Gasteiger partial charge in [-0.05, 0) is 0 Å². The Hall–Kier alpha value is -1.58. The van der Waals surface area contributed by atoms with E-state index in [1.54, 1.807) is 20.8 Å². The van der Waals surface area contributed by atoms with Gasteiger partial charge in [0.25, 0.3) is 0 Å². The average molecular weight is 462 g/mol. The van der Waals surface area contributed by atoms with Gasteiger partial charge in [-0.3, -0.25) is 0 Å². The van der Waals surface area contributed by atoms with E-state index in [0.29, 0.717) is 9.26 Å². The van der Waals surface area contributed by atoms with Crippen LogP contribution in [0.25, 0.3) is 0 Å². The van der Waals surface area contributed by atoms with Gasteiger partial charge in [0.05, 0.1) is 0 Å². The molecule has 0 aromatic heterocycles. The third-order valence-corrected chi connectivity index (χ3v) is 6.70. The van der Waals surface area contributed by atoms with Gasteiger partial charge in [0.1, 0.15) is 0 Å². The molecule has 1 saturated carbocycles. The Morgan fingerprint density at radius 1 is 1.40 bits per heavy atom. The summed E-state index contributed by atoms with van der Waals surface area (Å²) in [4.78, 5) is 23.6. The number of nitrogens with two attached hydrogens (primary N) is 1. The second-order valence-corrected chi connectivity index (χ2v) is 9.51. The molecule has 4 N–H and O–H groups in total. The normalized spacial score (nSPS) is 21.4. The van der Waals surface area contributed by atoms with Gasteiger partial charge in [0, 0.05) is 0 Å². The predicted octanol–water partition coefficient (Wildman–Crippen LogP) is -0.315. The molecule has 2 amide bonds. The Balaban J connectivity index is 1.91. The molecule has 0 spiro atoms. The van der Waals surface area contributed by atoms with Crippen molar-refractivity contribution >= 4 is 17.7 Å². The van der Waals surface area contributed by atoms with Crippen LogP contribution < -0.4 is 36.1 Å². The van der Waals surface area contributed by atoms with E-state index < -0.39 is 44.9 Å². The number of fused-ring (bicyclic) bond motifs is 3. The SMILES string of the molecule is CC(C)(C)OC(=O)N[I-]c1c(F)cc(C(N)=O)c2c1C1CCCC1N2. The quantitative estimate of drug-likeness (QED) is 0.425. The van der Waals surface area contributed by atoms with Gasteiger partial charge in [0.15, 0.2) is 0 Å². The zero-order valence-corrected chi connectivity index (χ0v) is 16.6. The first-order chi connectivity index (χ1) is 11.7. The summed E-state index contributed by atoms with van der Waals surface area (Å²) in [6, 6.07) is 1.39. The molecule has 138 valence electrons. The van der Waals surface area contributed by atoms with Crippen molar-refractivity contribution in [3.05, 3.63) is 26.6 Å². The maximum absolute atomic E-state index is 14.7. The minimum atomic E-state index is -1.14. The van der Waals surface area contributed by atoms with Crippen LogP contribution >= 0.6 is 0 Å². The number of rotatable bonds is 3. The summed E-state index contributed by atoms with van der Waals surface area (Å²) in [6.07, 6.45) is 2.43. The van der Waals surface area contributed by atoms with E-state index in [1.165, 1.54) is 6.07 Å². The first kappa shape index (κ1) is 18.2. The molecule has 25 heavy (non-hydrogen) atoms. The Labute approximate surface area is 156 Å². The van der Waals surface area contributed by atoms with E-state index in [4.69, 9.17) is 10.5 Å². The topological polar surface area (TPSA) is 93.4 Å². The number of carbonyl (C=O) groups is 2. The molecule has 1 aromatic rings. The number of amides is 2. The predicted molar refractivity (Wildman–Crippen MR) is 87.0 cm³/mol. The number of benzene rings is 1. The van der Waals surface area contributed by atoms with Gasteiger partial charge in [-0.15, -0.1) is 0 Å². The third-order valence-electron chi connectivity index (χ3n) is 4.36.